The molecule has 3 N–H and O–H groups in total. The summed E-state index contributed by atoms with van der Waals surface area (Å²) in [4.78, 5) is 2.14. The fourth-order valence-corrected chi connectivity index (χ4v) is 4.39. The van der Waals surface area contributed by atoms with E-state index < -0.39 is 17.0 Å². The second-order valence-electron chi connectivity index (χ2n) is 10.6. The number of fused-ring (bicyclic) bond motifs is 1. The van der Waals surface area contributed by atoms with E-state index in [-0.39, 0.29) is 11.4 Å². The van der Waals surface area contributed by atoms with Gasteiger partial charge in [-0.05, 0) is 90.6 Å². The molecule has 2 aliphatic rings. The molecule has 0 unspecified atom stereocenters. The Balaban J connectivity index is 0.000000238. The largest absolute Gasteiger partial charge is 0.376 e. The van der Waals surface area contributed by atoms with Crippen LogP contribution in [0.4, 0.5) is 13.2 Å². The van der Waals surface area contributed by atoms with Crippen LogP contribution in [-0.2, 0) is 24.9 Å². The van der Waals surface area contributed by atoms with E-state index in [9.17, 15) is 13.2 Å². The molecule has 0 amide bonds. The van der Waals surface area contributed by atoms with Crippen molar-refractivity contribution in [3.05, 3.63) is 75.2 Å². The molecule has 2 aromatic rings. The average Bonchev–Trinajstić information content (AvgIpc) is 2.74. The summed E-state index contributed by atoms with van der Waals surface area (Å²) >= 11 is 1.25. The van der Waals surface area contributed by atoms with Gasteiger partial charge in [-0.2, -0.15) is 0 Å². The first-order valence-electron chi connectivity index (χ1n) is 12.6. The van der Waals surface area contributed by atoms with Gasteiger partial charge in [0.05, 0.1) is 0 Å². The molecule has 1 aliphatic carbocycles. The summed E-state index contributed by atoms with van der Waals surface area (Å²) in [5, 5.41) is 8.23. The van der Waals surface area contributed by atoms with Gasteiger partial charge in [-0.1, -0.05) is 46.1 Å². The van der Waals surface area contributed by atoms with Gasteiger partial charge < -0.3 is 10.2 Å². The Morgan fingerprint density at radius 3 is 2.14 bits per heavy atom. The average molecular weight is 522 g/mol. The molecule has 0 atom stereocenters. The van der Waals surface area contributed by atoms with Crippen molar-refractivity contribution in [2.75, 3.05) is 13.3 Å². The van der Waals surface area contributed by atoms with Crippen molar-refractivity contribution in [3.63, 3.8) is 0 Å². The predicted molar refractivity (Wildman–Crippen MR) is 148 cm³/mol. The molecule has 4 rings (SSSR count). The fraction of sp³-hybridized carbons (Fsp3) is 0.517. The quantitative estimate of drug-likeness (QED) is 0.416. The van der Waals surface area contributed by atoms with E-state index in [4.69, 9.17) is 5.14 Å². The Morgan fingerprint density at radius 2 is 1.67 bits per heavy atom. The Hall–Kier alpha value is -1.96. The molecular weight excluding hydrogens is 479 g/mol. The minimum atomic E-state index is -0.486. The van der Waals surface area contributed by atoms with Crippen LogP contribution >= 0.6 is 11.9 Å². The second kappa shape index (κ2) is 13.5. The maximum atomic E-state index is 14.2. The van der Waals surface area contributed by atoms with Crippen LogP contribution in [0.5, 0.6) is 0 Å². The molecule has 1 fully saturated rings. The van der Waals surface area contributed by atoms with Crippen molar-refractivity contribution >= 4 is 18.0 Å². The summed E-state index contributed by atoms with van der Waals surface area (Å²) < 4.78 is 41.3. The molecule has 0 saturated heterocycles. The van der Waals surface area contributed by atoms with E-state index in [1.54, 1.807) is 26.8 Å². The van der Waals surface area contributed by atoms with Crippen LogP contribution in [0.1, 0.15) is 80.3 Å². The summed E-state index contributed by atoms with van der Waals surface area (Å²) in [6.45, 7) is 10.8. The second-order valence-corrected chi connectivity index (χ2v) is 11.0. The molecule has 2 aromatic carbocycles. The van der Waals surface area contributed by atoms with Gasteiger partial charge in [0, 0.05) is 37.3 Å². The van der Waals surface area contributed by atoms with Crippen molar-refractivity contribution in [1.82, 2.24) is 10.2 Å². The summed E-state index contributed by atoms with van der Waals surface area (Å²) in [5.41, 5.74) is 4.62. The molecule has 36 heavy (non-hydrogen) atoms. The van der Waals surface area contributed by atoms with Crippen LogP contribution < -0.4 is 10.5 Å². The number of nitrogens with two attached hydrogens (primary N) is 1. The number of nitrogens with zero attached hydrogens (tertiary/aromatic N) is 1. The minimum absolute atomic E-state index is 0.0720. The first kappa shape index (κ1) is 30.3. The third-order valence-corrected chi connectivity index (χ3v) is 6.59. The standard InChI is InChI=1S/C16H21FN2.C12H16F2.CH5NS/c1-11-8-16(17)14(9-18-12-4-3-5-12)13-6-7-19(2)10-15(11)13;1-5-8-6-9(13)11(10(14)7-8)12(2,3)4;1-3-2/h6-8,12,18H,3-5,9-10H2,1-2H3;6-7H,5H2,1-4H3;2H2,1H3. The highest BCUT2D eigenvalue weighted by Crippen LogP contribution is 2.30. The summed E-state index contributed by atoms with van der Waals surface area (Å²) in [6.07, 6.45) is 10.3. The zero-order valence-electron chi connectivity index (χ0n) is 22.8. The van der Waals surface area contributed by atoms with Crippen LogP contribution in [0.15, 0.2) is 24.4 Å². The maximum absolute atomic E-state index is 14.2. The molecular formula is C29H42F3N3S. The van der Waals surface area contributed by atoms with E-state index in [0.717, 1.165) is 23.2 Å². The van der Waals surface area contributed by atoms with Gasteiger partial charge in [-0.3, -0.25) is 5.14 Å². The Labute approximate surface area is 219 Å². The van der Waals surface area contributed by atoms with Crippen LogP contribution in [-0.4, -0.2) is 24.2 Å². The molecule has 0 aromatic heterocycles. The lowest BCUT2D eigenvalue weighted by Gasteiger charge is -2.29. The molecule has 200 valence electrons. The molecule has 3 nitrogen and oxygen atoms in total. The number of hydrogen-bond donors (Lipinski definition) is 2. The van der Waals surface area contributed by atoms with Crippen molar-refractivity contribution in [2.45, 2.75) is 84.8 Å². The molecule has 1 saturated carbocycles. The molecule has 0 bridgehead atoms. The number of benzene rings is 2. The summed E-state index contributed by atoms with van der Waals surface area (Å²) in [5.74, 6) is -0.944. The molecule has 0 spiro atoms. The predicted octanol–water partition coefficient (Wildman–Crippen LogP) is 7.24. The highest BCUT2D eigenvalue weighted by molar-refractivity contribution is 7.96. The number of nitrogens with one attached hydrogen (secondary N) is 1. The molecule has 1 aliphatic heterocycles. The Kier molecular flexibility index (Phi) is 11.4. The van der Waals surface area contributed by atoms with Gasteiger partial charge in [0.25, 0.3) is 0 Å². The first-order chi connectivity index (χ1) is 16.9. The number of hydrogen-bond acceptors (Lipinski definition) is 4. The number of rotatable bonds is 4. The van der Waals surface area contributed by atoms with Crippen LogP contribution in [0, 0.1) is 24.4 Å². The molecule has 0 radical (unpaired) electrons. The summed E-state index contributed by atoms with van der Waals surface area (Å²) in [6, 6.07) is 5.11. The zero-order valence-corrected chi connectivity index (χ0v) is 23.6. The SMILES string of the molecule is CCc1cc(F)c(C(C)(C)C)c(F)c1.CSN.Cc1cc(F)c(CNC2CCC2)c2c1CN(C)C=C2. The van der Waals surface area contributed by atoms with Crippen molar-refractivity contribution in [3.8, 4) is 0 Å². The first-order valence-corrected chi connectivity index (χ1v) is 13.9. The molecule has 7 heteroatoms. The normalized spacial score (nSPS) is 14.8. The fourth-order valence-electron chi connectivity index (χ4n) is 4.39. The smallest absolute Gasteiger partial charge is 0.130 e. The lowest BCUT2D eigenvalue weighted by atomic mass is 9.85. The van der Waals surface area contributed by atoms with Gasteiger partial charge >= 0.3 is 0 Å². The van der Waals surface area contributed by atoms with Gasteiger partial charge in [0.2, 0.25) is 0 Å². The van der Waals surface area contributed by atoms with E-state index in [2.05, 4.69) is 17.3 Å². The zero-order chi connectivity index (χ0) is 27.0. The topological polar surface area (TPSA) is 41.3 Å². The van der Waals surface area contributed by atoms with Crippen molar-refractivity contribution in [2.24, 2.45) is 5.14 Å². The van der Waals surface area contributed by atoms with E-state index in [1.807, 2.05) is 32.4 Å². The highest BCUT2D eigenvalue weighted by atomic mass is 32.2. The van der Waals surface area contributed by atoms with Crippen LogP contribution in [0.2, 0.25) is 0 Å². The van der Waals surface area contributed by atoms with Gasteiger partial charge in [-0.15, -0.1) is 0 Å². The Morgan fingerprint density at radius 1 is 1.08 bits per heavy atom. The third kappa shape index (κ3) is 8.02. The van der Waals surface area contributed by atoms with Crippen LogP contribution in [0.25, 0.3) is 6.08 Å². The minimum Gasteiger partial charge on any atom is -0.376 e. The number of aryl methyl sites for hydroxylation is 2. The highest BCUT2D eigenvalue weighted by Gasteiger charge is 2.23. The summed E-state index contributed by atoms with van der Waals surface area (Å²) in [7, 11) is 2.05. The third-order valence-electron chi connectivity index (χ3n) is 6.59. The number of halogens is 3. The maximum Gasteiger partial charge on any atom is 0.130 e. The van der Waals surface area contributed by atoms with Crippen molar-refractivity contribution < 1.29 is 13.2 Å². The van der Waals surface area contributed by atoms with Crippen molar-refractivity contribution in [1.29, 1.82) is 0 Å². The van der Waals surface area contributed by atoms with E-state index in [1.165, 1.54) is 48.9 Å². The monoisotopic (exact) mass is 521 g/mol. The Bertz CT molecular complexity index is 1020. The van der Waals surface area contributed by atoms with E-state index >= 15 is 0 Å². The van der Waals surface area contributed by atoms with Gasteiger partial charge in [-0.25, -0.2) is 13.2 Å². The van der Waals surface area contributed by atoms with E-state index in [0.29, 0.717) is 24.6 Å². The molecule has 1 heterocycles. The van der Waals surface area contributed by atoms with Gasteiger partial charge in [0.1, 0.15) is 17.5 Å². The van der Waals surface area contributed by atoms with Crippen LogP contribution in [0.3, 0.4) is 0 Å². The van der Waals surface area contributed by atoms with Gasteiger partial charge in [0.15, 0.2) is 0 Å². The lowest BCUT2D eigenvalue weighted by molar-refractivity contribution is 0.336. The lowest BCUT2D eigenvalue weighted by Crippen LogP contribution is -2.35.